The molecule has 6 heteroatoms. The van der Waals surface area contributed by atoms with Crippen molar-refractivity contribution in [3.63, 3.8) is 0 Å². The molecule has 1 unspecified atom stereocenters. The highest BCUT2D eigenvalue weighted by atomic mass is 16.6. The first-order chi connectivity index (χ1) is 8.54. The van der Waals surface area contributed by atoms with E-state index in [-0.39, 0.29) is 6.54 Å². The summed E-state index contributed by atoms with van der Waals surface area (Å²) in [5.74, 6) is -0.941. The van der Waals surface area contributed by atoms with Gasteiger partial charge in [0.15, 0.2) is 0 Å². The standard InChI is InChI=1S/C13H23NO5/c1-12(2,3)19-11(17)14-6-7-18-9(8-14)13(4,5)10(15)16/h9H,6-8H2,1-5H3,(H,15,16). The third-order valence-electron chi connectivity index (χ3n) is 3.07. The minimum Gasteiger partial charge on any atom is -0.481 e. The third kappa shape index (κ3) is 4.09. The summed E-state index contributed by atoms with van der Waals surface area (Å²) in [6.45, 7) is 9.55. The normalized spacial score (nSPS) is 21.1. The van der Waals surface area contributed by atoms with Gasteiger partial charge >= 0.3 is 12.1 Å². The van der Waals surface area contributed by atoms with E-state index < -0.39 is 29.2 Å². The van der Waals surface area contributed by atoms with Gasteiger partial charge in [0.25, 0.3) is 0 Å². The van der Waals surface area contributed by atoms with Crippen molar-refractivity contribution in [3.05, 3.63) is 0 Å². The Balaban J connectivity index is 2.70. The van der Waals surface area contributed by atoms with Gasteiger partial charge in [-0.2, -0.15) is 0 Å². The van der Waals surface area contributed by atoms with Gasteiger partial charge in [0, 0.05) is 6.54 Å². The lowest BCUT2D eigenvalue weighted by Gasteiger charge is -2.39. The van der Waals surface area contributed by atoms with Gasteiger partial charge in [-0.15, -0.1) is 0 Å². The third-order valence-corrected chi connectivity index (χ3v) is 3.07. The monoisotopic (exact) mass is 273 g/mol. The lowest BCUT2D eigenvalue weighted by Crippen LogP contribution is -2.53. The molecular weight excluding hydrogens is 250 g/mol. The Hall–Kier alpha value is -1.30. The molecule has 1 fully saturated rings. The van der Waals surface area contributed by atoms with Crippen molar-refractivity contribution in [2.45, 2.75) is 46.3 Å². The molecule has 0 bridgehead atoms. The number of nitrogens with zero attached hydrogens (tertiary/aromatic N) is 1. The summed E-state index contributed by atoms with van der Waals surface area (Å²) in [6.07, 6.45) is -0.965. The summed E-state index contributed by atoms with van der Waals surface area (Å²) in [5, 5.41) is 9.19. The summed E-state index contributed by atoms with van der Waals surface area (Å²) in [5.41, 5.74) is -1.60. The van der Waals surface area contributed by atoms with Crippen molar-refractivity contribution >= 4 is 12.1 Å². The van der Waals surface area contributed by atoms with Gasteiger partial charge in [-0.25, -0.2) is 4.79 Å². The number of rotatable bonds is 2. The van der Waals surface area contributed by atoms with Crippen LogP contribution in [0.25, 0.3) is 0 Å². The largest absolute Gasteiger partial charge is 0.481 e. The minimum absolute atomic E-state index is 0.230. The molecule has 0 saturated carbocycles. The van der Waals surface area contributed by atoms with E-state index in [1.807, 2.05) is 0 Å². The molecule has 19 heavy (non-hydrogen) atoms. The molecule has 1 N–H and O–H groups in total. The maximum Gasteiger partial charge on any atom is 0.410 e. The predicted molar refractivity (Wildman–Crippen MR) is 69.0 cm³/mol. The zero-order chi connectivity index (χ0) is 14.8. The van der Waals surface area contributed by atoms with E-state index in [4.69, 9.17) is 9.47 Å². The first-order valence-corrected chi connectivity index (χ1v) is 6.37. The summed E-state index contributed by atoms with van der Waals surface area (Å²) in [7, 11) is 0. The molecular formula is C13H23NO5. The molecule has 1 heterocycles. The molecule has 0 spiro atoms. The molecule has 1 aliphatic rings. The lowest BCUT2D eigenvalue weighted by molar-refractivity contribution is -0.161. The van der Waals surface area contributed by atoms with Crippen LogP contribution in [0.5, 0.6) is 0 Å². The molecule has 0 aromatic carbocycles. The average molecular weight is 273 g/mol. The van der Waals surface area contributed by atoms with Gasteiger partial charge in [0.2, 0.25) is 0 Å². The lowest BCUT2D eigenvalue weighted by atomic mass is 9.85. The van der Waals surface area contributed by atoms with Crippen molar-refractivity contribution in [2.75, 3.05) is 19.7 Å². The number of hydrogen-bond acceptors (Lipinski definition) is 4. The van der Waals surface area contributed by atoms with E-state index >= 15 is 0 Å². The Morgan fingerprint density at radius 1 is 1.26 bits per heavy atom. The van der Waals surface area contributed by atoms with E-state index in [0.717, 1.165) is 0 Å². The zero-order valence-electron chi connectivity index (χ0n) is 12.2. The van der Waals surface area contributed by atoms with Crippen LogP contribution in [0.2, 0.25) is 0 Å². The second-order valence-corrected chi connectivity index (χ2v) is 6.31. The Bertz CT molecular complexity index is 359. The molecule has 1 amide bonds. The predicted octanol–water partition coefficient (Wildman–Crippen LogP) is 1.73. The molecule has 1 atom stereocenters. The number of carboxylic acid groups (broad SMARTS) is 1. The maximum absolute atomic E-state index is 12.0. The number of carbonyl (C=O) groups excluding carboxylic acids is 1. The highest BCUT2D eigenvalue weighted by Gasteiger charge is 2.42. The van der Waals surface area contributed by atoms with Crippen LogP contribution >= 0.6 is 0 Å². The van der Waals surface area contributed by atoms with Crippen LogP contribution < -0.4 is 0 Å². The fourth-order valence-corrected chi connectivity index (χ4v) is 1.72. The van der Waals surface area contributed by atoms with E-state index in [9.17, 15) is 14.7 Å². The summed E-state index contributed by atoms with van der Waals surface area (Å²) < 4.78 is 10.8. The number of aliphatic carboxylic acids is 1. The Morgan fingerprint density at radius 3 is 2.32 bits per heavy atom. The van der Waals surface area contributed by atoms with E-state index in [1.54, 1.807) is 34.6 Å². The van der Waals surface area contributed by atoms with Crippen molar-refractivity contribution in [2.24, 2.45) is 5.41 Å². The molecule has 0 aliphatic carbocycles. The van der Waals surface area contributed by atoms with Gasteiger partial charge in [-0.05, 0) is 34.6 Å². The van der Waals surface area contributed by atoms with Gasteiger partial charge in [-0.1, -0.05) is 0 Å². The van der Waals surface area contributed by atoms with Crippen LogP contribution in [-0.4, -0.2) is 53.5 Å². The van der Waals surface area contributed by atoms with Crippen LogP contribution in [0.4, 0.5) is 4.79 Å². The van der Waals surface area contributed by atoms with Crippen LogP contribution in [0.15, 0.2) is 0 Å². The Morgan fingerprint density at radius 2 is 1.84 bits per heavy atom. The number of carboxylic acids is 1. The van der Waals surface area contributed by atoms with Crippen molar-refractivity contribution in [1.29, 1.82) is 0 Å². The van der Waals surface area contributed by atoms with Crippen LogP contribution in [0.1, 0.15) is 34.6 Å². The van der Waals surface area contributed by atoms with E-state index in [1.165, 1.54) is 4.90 Å². The highest BCUT2D eigenvalue weighted by Crippen LogP contribution is 2.27. The number of hydrogen-bond donors (Lipinski definition) is 1. The SMILES string of the molecule is CC(C)(C)OC(=O)N1CCOC(C(C)(C)C(=O)O)C1. The summed E-state index contributed by atoms with van der Waals surface area (Å²) in [6, 6.07) is 0. The van der Waals surface area contributed by atoms with E-state index in [0.29, 0.717) is 13.2 Å². The molecule has 0 aromatic rings. The molecule has 1 saturated heterocycles. The van der Waals surface area contributed by atoms with Crippen LogP contribution in [0.3, 0.4) is 0 Å². The van der Waals surface area contributed by atoms with Gasteiger partial charge in [-0.3, -0.25) is 4.79 Å². The number of ether oxygens (including phenoxy) is 2. The molecule has 110 valence electrons. The second kappa shape index (κ2) is 5.36. The average Bonchev–Trinajstić information content (AvgIpc) is 2.26. The van der Waals surface area contributed by atoms with Gasteiger partial charge in [0.1, 0.15) is 5.60 Å². The first kappa shape index (κ1) is 15.8. The Labute approximate surface area is 113 Å². The van der Waals surface area contributed by atoms with Crippen molar-refractivity contribution in [1.82, 2.24) is 4.90 Å². The molecule has 1 aliphatic heterocycles. The second-order valence-electron chi connectivity index (χ2n) is 6.31. The molecule has 1 rings (SSSR count). The maximum atomic E-state index is 12.0. The fourth-order valence-electron chi connectivity index (χ4n) is 1.72. The van der Waals surface area contributed by atoms with Gasteiger partial charge in [0.05, 0.1) is 24.7 Å². The molecule has 0 aromatic heterocycles. The summed E-state index contributed by atoms with van der Waals surface area (Å²) in [4.78, 5) is 24.7. The van der Waals surface area contributed by atoms with Crippen molar-refractivity contribution in [3.8, 4) is 0 Å². The smallest absolute Gasteiger partial charge is 0.410 e. The number of carbonyl (C=O) groups is 2. The Kier molecular flexibility index (Phi) is 4.45. The number of amides is 1. The van der Waals surface area contributed by atoms with Gasteiger partial charge < -0.3 is 19.5 Å². The zero-order valence-corrected chi connectivity index (χ0v) is 12.2. The molecule has 6 nitrogen and oxygen atoms in total. The fraction of sp³-hybridized carbons (Fsp3) is 0.846. The minimum atomic E-state index is -1.04. The summed E-state index contributed by atoms with van der Waals surface area (Å²) >= 11 is 0. The van der Waals surface area contributed by atoms with Crippen molar-refractivity contribution < 1.29 is 24.2 Å². The quantitative estimate of drug-likeness (QED) is 0.829. The molecule has 0 radical (unpaired) electrons. The van der Waals surface area contributed by atoms with Crippen LogP contribution in [0, 0.1) is 5.41 Å². The topological polar surface area (TPSA) is 76.1 Å². The van der Waals surface area contributed by atoms with E-state index in [2.05, 4.69) is 0 Å². The van der Waals surface area contributed by atoms with Crippen LogP contribution in [-0.2, 0) is 14.3 Å². The number of morpholine rings is 1. The first-order valence-electron chi connectivity index (χ1n) is 6.37. The highest BCUT2D eigenvalue weighted by molar-refractivity contribution is 5.75.